The molecule has 3 heteroatoms. The molecule has 0 unspecified atom stereocenters. The number of benzene rings is 1. The number of nitrogens with one attached hydrogen (secondary N) is 1. The highest BCUT2D eigenvalue weighted by atomic mass is 16.2. The molecule has 84 valence electrons. The Morgan fingerprint density at radius 3 is 2.69 bits per heavy atom. The number of aromatic amines is 1. The molecule has 0 saturated heterocycles. The monoisotopic (exact) mass is 216 g/mol. The lowest BCUT2D eigenvalue weighted by molar-refractivity contribution is 0.288. The molecular weight excluding hydrogens is 200 g/mol. The van der Waals surface area contributed by atoms with Crippen molar-refractivity contribution in [3.05, 3.63) is 41.6 Å². The highest BCUT2D eigenvalue weighted by molar-refractivity contribution is 5.59. The number of aliphatic hydroxyl groups is 1. The fourth-order valence-corrected chi connectivity index (χ4v) is 1.63. The van der Waals surface area contributed by atoms with Crippen molar-refractivity contribution in [3.63, 3.8) is 0 Å². The van der Waals surface area contributed by atoms with E-state index in [1.165, 1.54) is 5.56 Å². The maximum atomic E-state index is 8.75. The topological polar surface area (TPSA) is 48.9 Å². The Balaban J connectivity index is 2.15. The van der Waals surface area contributed by atoms with E-state index in [1.807, 2.05) is 6.07 Å². The van der Waals surface area contributed by atoms with Crippen LogP contribution in [-0.4, -0.2) is 21.9 Å². The second-order valence-corrected chi connectivity index (χ2v) is 3.97. The van der Waals surface area contributed by atoms with Crippen LogP contribution in [0.2, 0.25) is 0 Å². The first-order valence-corrected chi connectivity index (χ1v) is 5.52. The van der Waals surface area contributed by atoms with Crippen LogP contribution in [0.15, 0.2) is 30.3 Å². The van der Waals surface area contributed by atoms with Crippen molar-refractivity contribution in [2.24, 2.45) is 0 Å². The molecule has 0 spiro atoms. The molecule has 0 saturated carbocycles. The molecule has 16 heavy (non-hydrogen) atoms. The van der Waals surface area contributed by atoms with Gasteiger partial charge in [0.2, 0.25) is 0 Å². The summed E-state index contributed by atoms with van der Waals surface area (Å²) in [7, 11) is 0. The summed E-state index contributed by atoms with van der Waals surface area (Å²) in [4.78, 5) is 0. The van der Waals surface area contributed by atoms with Gasteiger partial charge in [-0.1, -0.05) is 29.8 Å². The number of hydrogen-bond donors (Lipinski definition) is 2. The molecule has 1 aromatic carbocycles. The molecule has 0 aliphatic heterocycles. The Kier molecular flexibility index (Phi) is 3.37. The van der Waals surface area contributed by atoms with Crippen LogP contribution in [0.3, 0.4) is 0 Å². The van der Waals surface area contributed by atoms with Crippen molar-refractivity contribution < 1.29 is 5.11 Å². The minimum absolute atomic E-state index is 0.221. The summed E-state index contributed by atoms with van der Waals surface area (Å²) in [6, 6.07) is 10.3. The Hall–Kier alpha value is -1.61. The van der Waals surface area contributed by atoms with E-state index in [4.69, 9.17) is 5.11 Å². The van der Waals surface area contributed by atoms with Gasteiger partial charge in [-0.3, -0.25) is 5.10 Å². The van der Waals surface area contributed by atoms with Crippen LogP contribution in [0.1, 0.15) is 17.7 Å². The normalized spacial score (nSPS) is 10.6. The minimum atomic E-state index is 0.221. The Bertz CT molecular complexity index is 445. The van der Waals surface area contributed by atoms with Gasteiger partial charge in [-0.05, 0) is 25.8 Å². The Morgan fingerprint density at radius 1 is 1.25 bits per heavy atom. The van der Waals surface area contributed by atoms with Gasteiger partial charge >= 0.3 is 0 Å². The van der Waals surface area contributed by atoms with Gasteiger partial charge in [0, 0.05) is 17.9 Å². The van der Waals surface area contributed by atoms with E-state index >= 15 is 0 Å². The molecule has 0 amide bonds. The smallest absolute Gasteiger partial charge is 0.0923 e. The van der Waals surface area contributed by atoms with Crippen LogP contribution in [0, 0.1) is 6.92 Å². The van der Waals surface area contributed by atoms with Crippen molar-refractivity contribution in [2.45, 2.75) is 19.8 Å². The average molecular weight is 216 g/mol. The molecule has 3 nitrogen and oxygen atoms in total. The summed E-state index contributed by atoms with van der Waals surface area (Å²) in [6.07, 6.45) is 1.62. The van der Waals surface area contributed by atoms with Crippen LogP contribution in [0.5, 0.6) is 0 Å². The second-order valence-electron chi connectivity index (χ2n) is 3.97. The lowest BCUT2D eigenvalue weighted by Crippen LogP contribution is -1.88. The van der Waals surface area contributed by atoms with E-state index in [2.05, 4.69) is 41.4 Å². The molecule has 1 heterocycles. The first-order chi connectivity index (χ1) is 7.79. The fraction of sp³-hybridized carbons (Fsp3) is 0.308. The predicted octanol–water partition coefficient (Wildman–Crippen LogP) is 2.31. The van der Waals surface area contributed by atoms with Crippen molar-refractivity contribution >= 4 is 0 Å². The zero-order chi connectivity index (χ0) is 11.4. The summed E-state index contributed by atoms with van der Waals surface area (Å²) < 4.78 is 0. The molecule has 0 aliphatic carbocycles. The van der Waals surface area contributed by atoms with E-state index in [0.717, 1.165) is 29.8 Å². The number of rotatable bonds is 4. The molecule has 1 aromatic heterocycles. The maximum absolute atomic E-state index is 8.75. The zero-order valence-corrected chi connectivity index (χ0v) is 9.40. The summed E-state index contributed by atoms with van der Waals surface area (Å²) in [5.41, 5.74) is 4.41. The largest absolute Gasteiger partial charge is 0.396 e. The molecule has 2 rings (SSSR count). The predicted molar refractivity (Wildman–Crippen MR) is 64.2 cm³/mol. The molecule has 2 N–H and O–H groups in total. The number of aromatic nitrogens is 2. The first-order valence-electron chi connectivity index (χ1n) is 5.52. The van der Waals surface area contributed by atoms with E-state index in [-0.39, 0.29) is 6.61 Å². The lowest BCUT2D eigenvalue weighted by Gasteiger charge is -1.96. The number of nitrogens with zero attached hydrogens (tertiary/aromatic N) is 1. The highest BCUT2D eigenvalue weighted by Gasteiger charge is 2.03. The van der Waals surface area contributed by atoms with Crippen LogP contribution < -0.4 is 0 Å². The third-order valence-electron chi connectivity index (χ3n) is 2.58. The summed E-state index contributed by atoms with van der Waals surface area (Å²) in [5, 5.41) is 16.0. The van der Waals surface area contributed by atoms with Crippen LogP contribution in [0.4, 0.5) is 0 Å². The molecule has 0 bridgehead atoms. The van der Waals surface area contributed by atoms with E-state index in [0.29, 0.717) is 0 Å². The molecular formula is C13H16N2O. The van der Waals surface area contributed by atoms with Gasteiger partial charge in [0.1, 0.15) is 0 Å². The Labute approximate surface area is 95.1 Å². The Morgan fingerprint density at radius 2 is 2.00 bits per heavy atom. The van der Waals surface area contributed by atoms with Crippen molar-refractivity contribution in [2.75, 3.05) is 6.61 Å². The lowest BCUT2D eigenvalue weighted by atomic mass is 10.1. The molecule has 2 aromatic rings. The van der Waals surface area contributed by atoms with Gasteiger partial charge < -0.3 is 5.11 Å². The second kappa shape index (κ2) is 4.94. The number of aliphatic hydroxyl groups excluding tert-OH is 1. The quantitative estimate of drug-likeness (QED) is 0.824. The SMILES string of the molecule is Cc1ccc(-c2cc(CCCO)[nH]n2)cc1. The van der Waals surface area contributed by atoms with Crippen molar-refractivity contribution in [3.8, 4) is 11.3 Å². The molecule has 0 fully saturated rings. The van der Waals surface area contributed by atoms with Gasteiger partial charge in [-0.2, -0.15) is 5.10 Å². The van der Waals surface area contributed by atoms with E-state index in [9.17, 15) is 0 Å². The number of hydrogen-bond acceptors (Lipinski definition) is 2. The minimum Gasteiger partial charge on any atom is -0.396 e. The third-order valence-corrected chi connectivity index (χ3v) is 2.58. The third kappa shape index (κ3) is 2.49. The molecule has 0 aliphatic rings. The average Bonchev–Trinajstić information content (AvgIpc) is 2.76. The van der Waals surface area contributed by atoms with Gasteiger partial charge in [0.15, 0.2) is 0 Å². The summed E-state index contributed by atoms with van der Waals surface area (Å²) in [5.74, 6) is 0. The standard InChI is InChI=1S/C13H16N2O/c1-10-4-6-11(7-5-10)13-9-12(14-15-13)3-2-8-16/h4-7,9,16H,2-3,8H2,1H3,(H,14,15). The maximum Gasteiger partial charge on any atom is 0.0923 e. The first kappa shape index (κ1) is 10.9. The van der Waals surface area contributed by atoms with Gasteiger partial charge in [0.25, 0.3) is 0 Å². The van der Waals surface area contributed by atoms with Crippen molar-refractivity contribution in [1.82, 2.24) is 10.2 Å². The number of aryl methyl sites for hydroxylation is 2. The van der Waals surface area contributed by atoms with Gasteiger partial charge in [0.05, 0.1) is 5.69 Å². The highest BCUT2D eigenvalue weighted by Crippen LogP contribution is 2.18. The van der Waals surface area contributed by atoms with Crippen LogP contribution in [0.25, 0.3) is 11.3 Å². The van der Waals surface area contributed by atoms with Crippen molar-refractivity contribution in [1.29, 1.82) is 0 Å². The molecule has 0 atom stereocenters. The molecule has 0 radical (unpaired) electrons. The van der Waals surface area contributed by atoms with Crippen LogP contribution >= 0.6 is 0 Å². The number of H-pyrrole nitrogens is 1. The zero-order valence-electron chi connectivity index (χ0n) is 9.40. The van der Waals surface area contributed by atoms with Gasteiger partial charge in [-0.25, -0.2) is 0 Å². The summed E-state index contributed by atoms with van der Waals surface area (Å²) in [6.45, 7) is 2.29. The van der Waals surface area contributed by atoms with Crippen LogP contribution in [-0.2, 0) is 6.42 Å². The van der Waals surface area contributed by atoms with Gasteiger partial charge in [-0.15, -0.1) is 0 Å². The summed E-state index contributed by atoms with van der Waals surface area (Å²) >= 11 is 0. The van der Waals surface area contributed by atoms with E-state index < -0.39 is 0 Å². The van der Waals surface area contributed by atoms with E-state index in [1.54, 1.807) is 0 Å². The fourth-order valence-electron chi connectivity index (χ4n) is 1.63.